The van der Waals surface area contributed by atoms with Crippen molar-refractivity contribution in [2.75, 3.05) is 0 Å². The average molecular weight is 227 g/mol. The van der Waals surface area contributed by atoms with Crippen molar-refractivity contribution in [3.63, 3.8) is 0 Å². The van der Waals surface area contributed by atoms with Gasteiger partial charge in [-0.15, -0.1) is 0 Å². The summed E-state index contributed by atoms with van der Waals surface area (Å²) >= 11 is 0. The molecule has 0 saturated carbocycles. The Balaban J connectivity index is 2.21. The number of carbonyl (C=O) groups excluding carboxylic acids is 1. The van der Waals surface area contributed by atoms with Crippen molar-refractivity contribution in [2.24, 2.45) is 0 Å². The Morgan fingerprint density at radius 2 is 1.82 bits per heavy atom. The highest BCUT2D eigenvalue weighted by Crippen LogP contribution is 2.33. The number of hydrogen-bond acceptors (Lipinski definition) is 4. The summed E-state index contributed by atoms with van der Waals surface area (Å²) in [4.78, 5) is 11.7. The van der Waals surface area contributed by atoms with Gasteiger partial charge in [0.2, 0.25) is 0 Å². The van der Waals surface area contributed by atoms with Gasteiger partial charge in [-0.05, 0) is 0 Å². The fourth-order valence-electron chi connectivity index (χ4n) is 2.00. The summed E-state index contributed by atoms with van der Waals surface area (Å²) in [6, 6.07) is 8.93. The van der Waals surface area contributed by atoms with Crippen LogP contribution in [0.15, 0.2) is 42.7 Å². The molecule has 1 aliphatic heterocycles. The molecule has 2 N–H and O–H groups in total. The van der Waals surface area contributed by atoms with Crippen molar-refractivity contribution >= 4 is 5.91 Å². The van der Waals surface area contributed by atoms with Gasteiger partial charge in [-0.25, -0.2) is 0 Å². The first-order valence-corrected chi connectivity index (χ1v) is 5.13. The van der Waals surface area contributed by atoms with Crippen LogP contribution < -0.4 is 5.32 Å². The van der Waals surface area contributed by atoms with Crippen molar-refractivity contribution in [2.45, 2.75) is 5.72 Å². The first kappa shape index (κ1) is 9.92. The van der Waals surface area contributed by atoms with Gasteiger partial charge in [-0.3, -0.25) is 4.79 Å². The van der Waals surface area contributed by atoms with Gasteiger partial charge in [0.05, 0.1) is 18.0 Å². The van der Waals surface area contributed by atoms with Crippen molar-refractivity contribution in [3.8, 4) is 0 Å². The van der Waals surface area contributed by atoms with E-state index in [1.54, 1.807) is 24.3 Å². The second-order valence-corrected chi connectivity index (χ2v) is 3.85. The fraction of sp³-hybridized carbons (Fsp3) is 0.0833. The van der Waals surface area contributed by atoms with E-state index in [2.05, 4.69) is 15.5 Å². The zero-order valence-corrected chi connectivity index (χ0v) is 8.79. The van der Waals surface area contributed by atoms with Crippen molar-refractivity contribution in [1.82, 2.24) is 15.5 Å². The van der Waals surface area contributed by atoms with Crippen molar-refractivity contribution < 1.29 is 9.90 Å². The molecular weight excluding hydrogens is 218 g/mol. The molecule has 0 aliphatic carbocycles. The molecule has 1 aromatic carbocycles. The maximum atomic E-state index is 11.7. The Bertz CT molecular complexity index is 585. The highest BCUT2D eigenvalue weighted by atomic mass is 16.3. The lowest BCUT2D eigenvalue weighted by molar-refractivity contribution is 0.0474. The van der Waals surface area contributed by atoms with Crippen LogP contribution in [0.1, 0.15) is 21.5 Å². The van der Waals surface area contributed by atoms with Crippen LogP contribution in [0.3, 0.4) is 0 Å². The first-order valence-electron chi connectivity index (χ1n) is 5.13. The number of fused-ring (bicyclic) bond motifs is 1. The van der Waals surface area contributed by atoms with Crippen LogP contribution in [-0.2, 0) is 5.72 Å². The van der Waals surface area contributed by atoms with E-state index in [9.17, 15) is 9.90 Å². The lowest BCUT2D eigenvalue weighted by atomic mass is 9.97. The van der Waals surface area contributed by atoms with Crippen LogP contribution in [0, 0.1) is 0 Å². The summed E-state index contributed by atoms with van der Waals surface area (Å²) in [7, 11) is 0. The SMILES string of the molecule is O=C1N[C@](O)(c2ccccc2)c2cnncc21. The predicted octanol–water partition coefficient (Wildman–Crippen LogP) is 0.413. The number of carbonyl (C=O) groups is 1. The molecule has 2 heterocycles. The largest absolute Gasteiger partial charge is 0.363 e. The maximum absolute atomic E-state index is 11.7. The summed E-state index contributed by atoms with van der Waals surface area (Å²) < 4.78 is 0. The Morgan fingerprint density at radius 3 is 2.59 bits per heavy atom. The minimum Gasteiger partial charge on any atom is -0.363 e. The molecule has 84 valence electrons. The van der Waals surface area contributed by atoms with Gasteiger partial charge in [0.25, 0.3) is 5.91 Å². The predicted molar refractivity (Wildman–Crippen MR) is 58.9 cm³/mol. The second-order valence-electron chi connectivity index (χ2n) is 3.85. The number of amides is 1. The van der Waals surface area contributed by atoms with Gasteiger partial charge in [0.15, 0.2) is 5.72 Å². The average Bonchev–Trinajstić information content (AvgIpc) is 2.65. The molecule has 5 nitrogen and oxygen atoms in total. The molecule has 3 rings (SSSR count). The molecular formula is C12H9N3O2. The highest BCUT2D eigenvalue weighted by Gasteiger charge is 2.43. The number of nitrogens with zero attached hydrogens (tertiary/aromatic N) is 2. The van der Waals surface area contributed by atoms with Crippen LogP contribution in [0.5, 0.6) is 0 Å². The molecule has 1 amide bonds. The molecule has 0 spiro atoms. The Hall–Kier alpha value is -2.27. The Labute approximate surface area is 97.1 Å². The van der Waals surface area contributed by atoms with Crippen LogP contribution in [-0.4, -0.2) is 21.2 Å². The lowest BCUT2D eigenvalue weighted by Gasteiger charge is -2.23. The minimum absolute atomic E-state index is 0.346. The van der Waals surface area contributed by atoms with Crippen LogP contribution >= 0.6 is 0 Å². The monoisotopic (exact) mass is 227 g/mol. The van der Waals surface area contributed by atoms with E-state index < -0.39 is 5.72 Å². The summed E-state index contributed by atoms with van der Waals surface area (Å²) in [5, 5.41) is 20.5. The normalized spacial score (nSPS) is 22.1. The number of aromatic nitrogens is 2. The van der Waals surface area contributed by atoms with E-state index in [1.807, 2.05) is 6.07 Å². The third kappa shape index (κ3) is 1.33. The smallest absolute Gasteiger partial charge is 0.256 e. The Morgan fingerprint density at radius 1 is 1.12 bits per heavy atom. The number of rotatable bonds is 1. The van der Waals surface area contributed by atoms with Crippen molar-refractivity contribution in [3.05, 3.63) is 59.4 Å². The molecule has 0 radical (unpaired) electrons. The minimum atomic E-state index is -1.51. The second kappa shape index (κ2) is 3.36. The van der Waals surface area contributed by atoms with E-state index in [1.165, 1.54) is 12.4 Å². The van der Waals surface area contributed by atoms with Gasteiger partial charge < -0.3 is 10.4 Å². The summed E-state index contributed by atoms with van der Waals surface area (Å²) in [5.41, 5.74) is -0.126. The van der Waals surface area contributed by atoms with Gasteiger partial charge >= 0.3 is 0 Å². The molecule has 0 bridgehead atoms. The quantitative estimate of drug-likeness (QED) is 0.740. The number of benzene rings is 1. The molecule has 17 heavy (non-hydrogen) atoms. The molecule has 1 atom stereocenters. The molecule has 1 aliphatic rings. The van der Waals surface area contributed by atoms with Gasteiger partial charge in [-0.1, -0.05) is 30.3 Å². The van der Waals surface area contributed by atoms with E-state index >= 15 is 0 Å². The van der Waals surface area contributed by atoms with Gasteiger partial charge in [0, 0.05) is 11.1 Å². The fourth-order valence-corrected chi connectivity index (χ4v) is 2.00. The molecule has 0 unspecified atom stereocenters. The van der Waals surface area contributed by atoms with Crippen LogP contribution in [0.25, 0.3) is 0 Å². The topological polar surface area (TPSA) is 75.1 Å². The molecule has 2 aromatic rings. The number of hydrogen-bond donors (Lipinski definition) is 2. The zero-order chi connectivity index (χ0) is 11.9. The van der Waals surface area contributed by atoms with Crippen LogP contribution in [0.4, 0.5) is 0 Å². The third-order valence-corrected chi connectivity index (χ3v) is 2.85. The number of nitrogens with one attached hydrogen (secondary N) is 1. The standard InChI is InChI=1S/C12H9N3O2/c16-11-9-6-13-14-7-10(9)12(17,15-11)8-4-2-1-3-5-8/h1-7,17H,(H,15,16)/t12-/m0/s1. The first-order chi connectivity index (χ1) is 8.22. The van der Waals surface area contributed by atoms with E-state index in [0.29, 0.717) is 16.7 Å². The summed E-state index contributed by atoms with van der Waals surface area (Å²) in [5.74, 6) is -0.346. The van der Waals surface area contributed by atoms with Gasteiger partial charge in [-0.2, -0.15) is 10.2 Å². The van der Waals surface area contributed by atoms with Crippen molar-refractivity contribution in [1.29, 1.82) is 0 Å². The van der Waals surface area contributed by atoms with Crippen LogP contribution in [0.2, 0.25) is 0 Å². The third-order valence-electron chi connectivity index (χ3n) is 2.85. The molecule has 5 heteroatoms. The summed E-state index contributed by atoms with van der Waals surface area (Å²) in [6.07, 6.45) is 2.76. The molecule has 0 fully saturated rings. The van der Waals surface area contributed by atoms with E-state index in [0.717, 1.165) is 0 Å². The summed E-state index contributed by atoms with van der Waals surface area (Å²) in [6.45, 7) is 0. The zero-order valence-electron chi connectivity index (χ0n) is 8.79. The highest BCUT2D eigenvalue weighted by molar-refractivity contribution is 5.99. The van der Waals surface area contributed by atoms with Gasteiger partial charge in [0.1, 0.15) is 0 Å². The lowest BCUT2D eigenvalue weighted by Crippen LogP contribution is -2.40. The maximum Gasteiger partial charge on any atom is 0.256 e. The molecule has 1 aromatic heterocycles. The van der Waals surface area contributed by atoms with E-state index in [4.69, 9.17) is 0 Å². The Kier molecular flexibility index (Phi) is 1.96. The molecule has 0 saturated heterocycles. The van der Waals surface area contributed by atoms with E-state index in [-0.39, 0.29) is 5.91 Å². The number of aliphatic hydroxyl groups is 1.